The summed E-state index contributed by atoms with van der Waals surface area (Å²) < 4.78 is 0. The van der Waals surface area contributed by atoms with E-state index in [1.54, 1.807) is 0 Å². The molecule has 0 saturated heterocycles. The van der Waals surface area contributed by atoms with Crippen molar-refractivity contribution in [2.75, 3.05) is 6.54 Å². The highest BCUT2D eigenvalue weighted by Crippen LogP contribution is 1.99. The molecule has 0 aromatic carbocycles. The molecule has 0 unspecified atom stereocenters. The molecule has 13 heavy (non-hydrogen) atoms. The zero-order valence-corrected chi connectivity index (χ0v) is 8.81. The second-order valence-electron chi connectivity index (χ2n) is 3.58. The second kappa shape index (κ2) is 7.99. The van der Waals surface area contributed by atoms with E-state index in [1.807, 2.05) is 6.08 Å². The SMILES string of the molecule is C=CCCCC(=O)CCNC(C)C. The topological polar surface area (TPSA) is 29.1 Å². The van der Waals surface area contributed by atoms with Crippen LogP contribution in [0.1, 0.15) is 39.5 Å². The molecule has 0 rings (SSSR count). The van der Waals surface area contributed by atoms with Gasteiger partial charge in [-0.15, -0.1) is 6.58 Å². The number of carbonyl (C=O) groups is 1. The van der Waals surface area contributed by atoms with Crippen molar-refractivity contribution < 1.29 is 4.79 Å². The molecule has 0 aliphatic rings. The number of nitrogens with one attached hydrogen (secondary N) is 1. The summed E-state index contributed by atoms with van der Waals surface area (Å²) in [5.41, 5.74) is 0. The van der Waals surface area contributed by atoms with E-state index in [4.69, 9.17) is 0 Å². The Morgan fingerprint density at radius 1 is 1.46 bits per heavy atom. The van der Waals surface area contributed by atoms with Gasteiger partial charge >= 0.3 is 0 Å². The van der Waals surface area contributed by atoms with E-state index in [0.29, 0.717) is 24.7 Å². The molecule has 1 N–H and O–H groups in total. The molecule has 0 heterocycles. The van der Waals surface area contributed by atoms with Gasteiger partial charge in [0.1, 0.15) is 5.78 Å². The lowest BCUT2D eigenvalue weighted by molar-refractivity contribution is -0.119. The lowest BCUT2D eigenvalue weighted by Gasteiger charge is -2.06. The lowest BCUT2D eigenvalue weighted by atomic mass is 10.1. The van der Waals surface area contributed by atoms with Gasteiger partial charge in [-0.1, -0.05) is 19.9 Å². The first-order valence-corrected chi connectivity index (χ1v) is 5.02. The molecule has 0 radical (unpaired) electrons. The molecule has 76 valence electrons. The standard InChI is InChI=1S/C11H21NO/c1-4-5-6-7-11(13)8-9-12-10(2)3/h4,10,12H,1,5-9H2,2-3H3. The minimum absolute atomic E-state index is 0.356. The molecule has 0 bridgehead atoms. The highest BCUT2D eigenvalue weighted by atomic mass is 16.1. The molecule has 0 saturated carbocycles. The number of unbranched alkanes of at least 4 members (excludes halogenated alkanes) is 1. The Bertz CT molecular complexity index is 152. The van der Waals surface area contributed by atoms with Crippen molar-refractivity contribution in [3.8, 4) is 0 Å². The summed E-state index contributed by atoms with van der Waals surface area (Å²) in [6.07, 6.45) is 5.12. The maximum absolute atomic E-state index is 11.2. The molecular formula is C11H21NO. The first kappa shape index (κ1) is 12.4. The van der Waals surface area contributed by atoms with Crippen LogP contribution >= 0.6 is 0 Å². The molecule has 2 nitrogen and oxygen atoms in total. The molecule has 2 heteroatoms. The third-order valence-corrected chi connectivity index (χ3v) is 1.82. The fourth-order valence-corrected chi connectivity index (χ4v) is 1.07. The van der Waals surface area contributed by atoms with Gasteiger partial charge < -0.3 is 5.32 Å². The first-order chi connectivity index (χ1) is 6.16. The van der Waals surface area contributed by atoms with E-state index in [1.165, 1.54) is 0 Å². The first-order valence-electron chi connectivity index (χ1n) is 5.02. The van der Waals surface area contributed by atoms with Gasteiger partial charge in [-0.05, 0) is 12.8 Å². The summed E-state index contributed by atoms with van der Waals surface area (Å²) in [7, 11) is 0. The van der Waals surface area contributed by atoms with Gasteiger partial charge in [0, 0.05) is 25.4 Å². The normalized spacial score (nSPS) is 10.4. The highest BCUT2D eigenvalue weighted by Gasteiger charge is 2.00. The van der Waals surface area contributed by atoms with Crippen LogP contribution in [0.4, 0.5) is 0 Å². The van der Waals surface area contributed by atoms with Gasteiger partial charge in [-0.25, -0.2) is 0 Å². The van der Waals surface area contributed by atoms with Gasteiger partial charge in [0.05, 0.1) is 0 Å². The Kier molecular flexibility index (Phi) is 7.60. The number of Topliss-reactive ketones (excluding diaryl/α,β-unsaturated/α-hetero) is 1. The second-order valence-corrected chi connectivity index (χ2v) is 3.58. The van der Waals surface area contributed by atoms with Crippen LogP contribution in [0.5, 0.6) is 0 Å². The zero-order valence-electron chi connectivity index (χ0n) is 8.81. The van der Waals surface area contributed by atoms with E-state index in [-0.39, 0.29) is 0 Å². The summed E-state index contributed by atoms with van der Waals surface area (Å²) in [6.45, 7) is 8.60. The Morgan fingerprint density at radius 2 is 2.15 bits per heavy atom. The van der Waals surface area contributed by atoms with Crippen LogP contribution in [-0.4, -0.2) is 18.4 Å². The van der Waals surface area contributed by atoms with Crippen LogP contribution in [0.2, 0.25) is 0 Å². The number of rotatable bonds is 8. The number of carbonyl (C=O) groups excluding carboxylic acids is 1. The van der Waals surface area contributed by atoms with E-state index in [2.05, 4.69) is 25.7 Å². The molecule has 0 fully saturated rings. The third-order valence-electron chi connectivity index (χ3n) is 1.82. The average molecular weight is 183 g/mol. The molecule has 0 aliphatic heterocycles. The van der Waals surface area contributed by atoms with Crippen molar-refractivity contribution in [1.82, 2.24) is 5.32 Å². The summed E-state index contributed by atoms with van der Waals surface area (Å²) in [6, 6.07) is 0.473. The fraction of sp³-hybridized carbons (Fsp3) is 0.727. The van der Waals surface area contributed by atoms with Gasteiger partial charge in [-0.2, -0.15) is 0 Å². The van der Waals surface area contributed by atoms with E-state index in [9.17, 15) is 4.79 Å². The number of ketones is 1. The predicted octanol–water partition coefficient (Wildman–Crippen LogP) is 2.30. The summed E-state index contributed by atoms with van der Waals surface area (Å²) in [4.78, 5) is 11.2. The summed E-state index contributed by atoms with van der Waals surface area (Å²) >= 11 is 0. The van der Waals surface area contributed by atoms with Crippen molar-refractivity contribution in [1.29, 1.82) is 0 Å². The quantitative estimate of drug-likeness (QED) is 0.462. The monoisotopic (exact) mass is 183 g/mol. The Hall–Kier alpha value is -0.630. The van der Waals surface area contributed by atoms with Gasteiger partial charge in [0.25, 0.3) is 0 Å². The van der Waals surface area contributed by atoms with Crippen molar-refractivity contribution in [2.24, 2.45) is 0 Å². The van der Waals surface area contributed by atoms with Crippen LogP contribution in [-0.2, 0) is 4.79 Å². The van der Waals surface area contributed by atoms with E-state index < -0.39 is 0 Å². The number of allylic oxidation sites excluding steroid dienone is 1. The molecule has 0 spiro atoms. The predicted molar refractivity (Wildman–Crippen MR) is 56.8 cm³/mol. The largest absolute Gasteiger partial charge is 0.314 e. The van der Waals surface area contributed by atoms with Crippen LogP contribution in [0.3, 0.4) is 0 Å². The molecular weight excluding hydrogens is 162 g/mol. The number of hydrogen-bond acceptors (Lipinski definition) is 2. The van der Waals surface area contributed by atoms with Crippen LogP contribution in [0.25, 0.3) is 0 Å². The van der Waals surface area contributed by atoms with Gasteiger partial charge in [-0.3, -0.25) is 4.79 Å². The highest BCUT2D eigenvalue weighted by molar-refractivity contribution is 5.78. The molecule has 0 aromatic heterocycles. The molecule has 0 atom stereocenters. The van der Waals surface area contributed by atoms with Crippen molar-refractivity contribution >= 4 is 5.78 Å². The molecule has 0 aromatic rings. The van der Waals surface area contributed by atoms with Crippen LogP contribution in [0.15, 0.2) is 12.7 Å². The van der Waals surface area contributed by atoms with Crippen LogP contribution in [0, 0.1) is 0 Å². The van der Waals surface area contributed by atoms with E-state index in [0.717, 1.165) is 19.4 Å². The Morgan fingerprint density at radius 3 is 2.69 bits per heavy atom. The molecule has 0 amide bonds. The maximum Gasteiger partial charge on any atom is 0.134 e. The van der Waals surface area contributed by atoms with Crippen molar-refractivity contribution in [3.63, 3.8) is 0 Å². The number of hydrogen-bond donors (Lipinski definition) is 1. The van der Waals surface area contributed by atoms with Crippen LogP contribution < -0.4 is 5.32 Å². The average Bonchev–Trinajstić information content (AvgIpc) is 2.04. The third kappa shape index (κ3) is 9.28. The minimum atomic E-state index is 0.356. The van der Waals surface area contributed by atoms with E-state index >= 15 is 0 Å². The summed E-state index contributed by atoms with van der Waals surface area (Å²) in [5, 5.41) is 3.23. The zero-order chi connectivity index (χ0) is 10.1. The van der Waals surface area contributed by atoms with Crippen molar-refractivity contribution in [2.45, 2.75) is 45.6 Å². The Labute approximate surface area is 81.4 Å². The maximum atomic E-state index is 11.2. The summed E-state index contributed by atoms with van der Waals surface area (Å²) in [5.74, 6) is 0.356. The van der Waals surface area contributed by atoms with Gasteiger partial charge in [0.2, 0.25) is 0 Å². The Balaban J connectivity index is 3.25. The van der Waals surface area contributed by atoms with Crippen molar-refractivity contribution in [3.05, 3.63) is 12.7 Å². The smallest absolute Gasteiger partial charge is 0.134 e. The lowest BCUT2D eigenvalue weighted by Crippen LogP contribution is -2.25. The van der Waals surface area contributed by atoms with Gasteiger partial charge in [0.15, 0.2) is 0 Å². The molecule has 0 aliphatic carbocycles. The minimum Gasteiger partial charge on any atom is -0.314 e. The fourth-order valence-electron chi connectivity index (χ4n) is 1.07.